The van der Waals surface area contributed by atoms with Gasteiger partial charge in [0.25, 0.3) is 0 Å². The number of benzene rings is 2. The summed E-state index contributed by atoms with van der Waals surface area (Å²) in [5.41, 5.74) is 5.80. The summed E-state index contributed by atoms with van der Waals surface area (Å²) in [5.74, 6) is -2.98. The second-order valence-corrected chi connectivity index (χ2v) is 5.57. The fraction of sp³-hybridized carbons (Fsp3) is 0.200. The lowest BCUT2D eigenvalue weighted by Gasteiger charge is -2.23. The molecule has 21 heavy (non-hydrogen) atoms. The van der Waals surface area contributed by atoms with Crippen LogP contribution in [0.15, 0.2) is 40.9 Å². The highest BCUT2D eigenvalue weighted by molar-refractivity contribution is 9.10. The molecule has 0 amide bonds. The minimum atomic E-state index is -1.30. The van der Waals surface area contributed by atoms with Crippen molar-refractivity contribution in [2.45, 2.75) is 12.0 Å². The number of nitrogens with two attached hydrogens (primary N) is 1. The lowest BCUT2D eigenvalue weighted by atomic mass is 9.89. The van der Waals surface area contributed by atoms with Crippen LogP contribution < -0.4 is 5.73 Å². The number of aliphatic hydroxyl groups is 1. The molecule has 2 aromatic rings. The van der Waals surface area contributed by atoms with Gasteiger partial charge < -0.3 is 10.8 Å². The van der Waals surface area contributed by atoms with Gasteiger partial charge in [-0.1, -0.05) is 22.0 Å². The van der Waals surface area contributed by atoms with Crippen LogP contribution in [0.25, 0.3) is 0 Å². The van der Waals surface area contributed by atoms with E-state index in [1.54, 1.807) is 6.07 Å². The Balaban J connectivity index is 2.40. The van der Waals surface area contributed by atoms with E-state index in [2.05, 4.69) is 15.9 Å². The van der Waals surface area contributed by atoms with Gasteiger partial charge in [0.2, 0.25) is 0 Å². The summed E-state index contributed by atoms with van der Waals surface area (Å²) in [6, 6.07) is 7.08. The number of rotatable bonds is 4. The first kappa shape index (κ1) is 16.0. The Kier molecular flexibility index (Phi) is 5.03. The summed E-state index contributed by atoms with van der Waals surface area (Å²) in [7, 11) is 0. The summed E-state index contributed by atoms with van der Waals surface area (Å²) in [5, 5.41) is 10.3. The maximum Gasteiger partial charge on any atom is 0.130 e. The van der Waals surface area contributed by atoms with Crippen LogP contribution in [0.5, 0.6) is 0 Å². The fourth-order valence-corrected chi connectivity index (χ4v) is 2.53. The molecule has 0 aliphatic rings. The molecule has 0 bridgehead atoms. The average molecular weight is 360 g/mol. The Morgan fingerprint density at radius 1 is 1.05 bits per heavy atom. The van der Waals surface area contributed by atoms with E-state index >= 15 is 0 Å². The van der Waals surface area contributed by atoms with Gasteiger partial charge in [0.05, 0.1) is 6.10 Å². The van der Waals surface area contributed by atoms with Crippen molar-refractivity contribution >= 4 is 15.9 Å². The van der Waals surface area contributed by atoms with Crippen molar-refractivity contribution in [1.29, 1.82) is 0 Å². The van der Waals surface area contributed by atoms with Gasteiger partial charge in [0, 0.05) is 28.6 Å². The number of aliphatic hydroxyl groups excluding tert-OH is 1. The van der Waals surface area contributed by atoms with Crippen molar-refractivity contribution in [3.63, 3.8) is 0 Å². The lowest BCUT2D eigenvalue weighted by Crippen LogP contribution is -2.21. The van der Waals surface area contributed by atoms with E-state index in [1.165, 1.54) is 12.1 Å². The molecule has 6 heteroatoms. The third-order valence-corrected chi connectivity index (χ3v) is 3.72. The van der Waals surface area contributed by atoms with Crippen LogP contribution in [0.1, 0.15) is 23.1 Å². The number of hydrogen-bond donors (Lipinski definition) is 2. The minimum Gasteiger partial charge on any atom is -0.388 e. The van der Waals surface area contributed by atoms with E-state index < -0.39 is 29.5 Å². The largest absolute Gasteiger partial charge is 0.388 e. The van der Waals surface area contributed by atoms with Gasteiger partial charge in [-0.2, -0.15) is 0 Å². The monoisotopic (exact) mass is 359 g/mol. The zero-order valence-electron chi connectivity index (χ0n) is 10.9. The Bertz CT molecular complexity index is 631. The van der Waals surface area contributed by atoms with Gasteiger partial charge in [-0.15, -0.1) is 0 Å². The molecule has 2 nitrogen and oxygen atoms in total. The molecule has 2 unspecified atom stereocenters. The van der Waals surface area contributed by atoms with E-state index in [4.69, 9.17) is 5.73 Å². The molecule has 0 saturated heterocycles. The molecule has 0 spiro atoms. The van der Waals surface area contributed by atoms with Gasteiger partial charge in [-0.25, -0.2) is 13.2 Å². The van der Waals surface area contributed by atoms with Crippen LogP contribution in [-0.2, 0) is 0 Å². The first-order valence-electron chi connectivity index (χ1n) is 6.21. The van der Waals surface area contributed by atoms with E-state index in [-0.39, 0.29) is 17.7 Å². The van der Waals surface area contributed by atoms with E-state index in [9.17, 15) is 18.3 Å². The quantitative estimate of drug-likeness (QED) is 0.875. The Hall–Kier alpha value is -1.37. The van der Waals surface area contributed by atoms with Crippen LogP contribution in [0.4, 0.5) is 13.2 Å². The Morgan fingerprint density at radius 3 is 2.19 bits per heavy atom. The fourth-order valence-electron chi connectivity index (χ4n) is 2.19. The van der Waals surface area contributed by atoms with Crippen LogP contribution in [0.3, 0.4) is 0 Å². The van der Waals surface area contributed by atoms with Gasteiger partial charge in [-0.3, -0.25) is 0 Å². The summed E-state index contributed by atoms with van der Waals surface area (Å²) < 4.78 is 41.0. The lowest BCUT2D eigenvalue weighted by molar-refractivity contribution is 0.143. The van der Waals surface area contributed by atoms with Crippen LogP contribution in [0.2, 0.25) is 0 Å². The van der Waals surface area contributed by atoms with Gasteiger partial charge >= 0.3 is 0 Å². The molecule has 2 atom stereocenters. The summed E-state index contributed by atoms with van der Waals surface area (Å²) in [6.07, 6.45) is -1.30. The summed E-state index contributed by atoms with van der Waals surface area (Å²) in [4.78, 5) is 0. The van der Waals surface area contributed by atoms with Crippen molar-refractivity contribution in [2.24, 2.45) is 5.73 Å². The van der Waals surface area contributed by atoms with Gasteiger partial charge in [0.15, 0.2) is 0 Å². The molecule has 0 radical (unpaired) electrons. The van der Waals surface area contributed by atoms with Gasteiger partial charge in [0.1, 0.15) is 17.5 Å². The zero-order valence-corrected chi connectivity index (χ0v) is 12.4. The maximum absolute atomic E-state index is 13.9. The molecule has 3 N–H and O–H groups in total. The molecular weight excluding hydrogens is 347 g/mol. The van der Waals surface area contributed by atoms with E-state index in [0.29, 0.717) is 4.47 Å². The molecular formula is C15H13BrF3NO. The third kappa shape index (κ3) is 3.64. The smallest absolute Gasteiger partial charge is 0.130 e. The second-order valence-electron chi connectivity index (χ2n) is 4.66. The SMILES string of the molecule is NCC(c1cc(F)cc(F)c1)C(O)c1ccc(Br)cc1F. The summed E-state index contributed by atoms with van der Waals surface area (Å²) >= 11 is 3.12. The topological polar surface area (TPSA) is 46.2 Å². The van der Waals surface area contributed by atoms with Crippen molar-refractivity contribution in [2.75, 3.05) is 6.54 Å². The molecule has 2 rings (SSSR count). The maximum atomic E-state index is 13.9. The van der Waals surface area contributed by atoms with Crippen molar-refractivity contribution < 1.29 is 18.3 Å². The molecule has 0 aliphatic carbocycles. The summed E-state index contributed by atoms with van der Waals surface area (Å²) in [6.45, 7) is -0.0838. The number of hydrogen-bond acceptors (Lipinski definition) is 2. The van der Waals surface area contributed by atoms with E-state index in [1.807, 2.05) is 0 Å². The molecule has 0 fully saturated rings. The first-order valence-corrected chi connectivity index (χ1v) is 7.00. The highest BCUT2D eigenvalue weighted by Gasteiger charge is 2.25. The van der Waals surface area contributed by atoms with E-state index in [0.717, 1.165) is 18.2 Å². The molecule has 0 heterocycles. The Labute approximate surface area is 128 Å². The Morgan fingerprint density at radius 2 is 1.67 bits per heavy atom. The van der Waals surface area contributed by atoms with Crippen LogP contribution >= 0.6 is 15.9 Å². The minimum absolute atomic E-state index is 0.0262. The van der Waals surface area contributed by atoms with Crippen LogP contribution in [-0.4, -0.2) is 11.7 Å². The van der Waals surface area contributed by atoms with Crippen molar-refractivity contribution in [3.8, 4) is 0 Å². The second kappa shape index (κ2) is 6.60. The standard InChI is InChI=1S/C15H13BrF3NO/c16-9-1-2-12(14(19)5-9)15(21)13(7-20)8-3-10(17)6-11(18)4-8/h1-6,13,15,21H,7,20H2. The van der Waals surface area contributed by atoms with Crippen molar-refractivity contribution in [1.82, 2.24) is 0 Å². The molecule has 0 aromatic heterocycles. The predicted molar refractivity (Wildman–Crippen MR) is 77.2 cm³/mol. The van der Waals surface area contributed by atoms with Crippen LogP contribution in [0, 0.1) is 17.5 Å². The average Bonchev–Trinajstić information content (AvgIpc) is 2.38. The number of halogens is 4. The molecule has 2 aromatic carbocycles. The molecule has 112 valence electrons. The molecule has 0 saturated carbocycles. The predicted octanol–water partition coefficient (Wildman–Crippen LogP) is 3.64. The third-order valence-electron chi connectivity index (χ3n) is 3.23. The van der Waals surface area contributed by atoms with Gasteiger partial charge in [-0.05, 0) is 29.8 Å². The highest BCUT2D eigenvalue weighted by Crippen LogP contribution is 2.33. The van der Waals surface area contributed by atoms with Crippen molar-refractivity contribution in [3.05, 3.63) is 69.4 Å². The molecule has 0 aliphatic heterocycles. The highest BCUT2D eigenvalue weighted by atomic mass is 79.9. The normalized spacial score (nSPS) is 14.0. The zero-order chi connectivity index (χ0) is 15.6. The first-order chi connectivity index (χ1) is 9.92.